The lowest BCUT2D eigenvalue weighted by Crippen LogP contribution is -2.23. The van der Waals surface area contributed by atoms with Gasteiger partial charge < -0.3 is 15.0 Å². The molecule has 3 aromatic rings. The smallest absolute Gasteiger partial charge is 0.251 e. The highest BCUT2D eigenvalue weighted by atomic mass is 32.2. The molecule has 4 rings (SSSR count). The van der Waals surface area contributed by atoms with Crippen LogP contribution in [0.4, 0.5) is 5.82 Å². The third kappa shape index (κ3) is 6.05. The summed E-state index contributed by atoms with van der Waals surface area (Å²) in [6, 6.07) is 15.3. The van der Waals surface area contributed by atoms with E-state index in [1.807, 2.05) is 48.5 Å². The van der Waals surface area contributed by atoms with Crippen molar-refractivity contribution in [1.29, 1.82) is 0 Å². The summed E-state index contributed by atoms with van der Waals surface area (Å²) >= 11 is 1.57. The predicted molar refractivity (Wildman–Crippen MR) is 126 cm³/mol. The van der Waals surface area contributed by atoms with Gasteiger partial charge in [0.25, 0.3) is 5.91 Å². The van der Waals surface area contributed by atoms with E-state index in [2.05, 4.69) is 20.2 Å². The predicted octanol–water partition coefficient (Wildman–Crippen LogP) is 3.84. The molecule has 7 nitrogen and oxygen atoms in total. The Morgan fingerprint density at radius 1 is 1.09 bits per heavy atom. The molecule has 0 saturated carbocycles. The van der Waals surface area contributed by atoms with Gasteiger partial charge >= 0.3 is 0 Å². The van der Waals surface area contributed by atoms with E-state index >= 15 is 0 Å². The number of pyridine rings is 1. The van der Waals surface area contributed by atoms with Crippen LogP contribution in [-0.2, 0) is 23.6 Å². The molecule has 0 aliphatic carbocycles. The van der Waals surface area contributed by atoms with Gasteiger partial charge in [0, 0.05) is 43.8 Å². The molecule has 1 saturated heterocycles. The SMILES string of the molecule is COCc1cc(N2CCCC2)nc(SCc2cccc(C(=O)NCc3ccccn3)c2)n1. The van der Waals surface area contributed by atoms with Crippen molar-refractivity contribution in [1.82, 2.24) is 20.3 Å². The van der Waals surface area contributed by atoms with E-state index < -0.39 is 0 Å². The maximum absolute atomic E-state index is 12.6. The molecule has 32 heavy (non-hydrogen) atoms. The monoisotopic (exact) mass is 449 g/mol. The Morgan fingerprint density at radius 3 is 2.75 bits per heavy atom. The van der Waals surface area contributed by atoms with Gasteiger partial charge in [-0.15, -0.1) is 0 Å². The van der Waals surface area contributed by atoms with Gasteiger partial charge in [0.2, 0.25) is 0 Å². The number of ether oxygens (including phenoxy) is 1. The van der Waals surface area contributed by atoms with Gasteiger partial charge in [0.05, 0.1) is 24.5 Å². The molecule has 8 heteroatoms. The minimum absolute atomic E-state index is 0.114. The van der Waals surface area contributed by atoms with E-state index in [0.29, 0.717) is 24.5 Å². The van der Waals surface area contributed by atoms with Crippen LogP contribution in [0.2, 0.25) is 0 Å². The number of carbonyl (C=O) groups excluding carboxylic acids is 1. The highest BCUT2D eigenvalue weighted by Crippen LogP contribution is 2.25. The maximum Gasteiger partial charge on any atom is 0.251 e. The van der Waals surface area contributed by atoms with Gasteiger partial charge in [-0.25, -0.2) is 9.97 Å². The summed E-state index contributed by atoms with van der Waals surface area (Å²) in [5.41, 5.74) is 3.39. The quantitative estimate of drug-likeness (QED) is 0.393. The average molecular weight is 450 g/mol. The summed E-state index contributed by atoms with van der Waals surface area (Å²) < 4.78 is 5.29. The topological polar surface area (TPSA) is 80.2 Å². The molecule has 1 fully saturated rings. The van der Waals surface area contributed by atoms with Crippen molar-refractivity contribution in [3.8, 4) is 0 Å². The number of methoxy groups -OCH3 is 1. The summed E-state index contributed by atoms with van der Waals surface area (Å²) in [5.74, 6) is 1.53. The van der Waals surface area contributed by atoms with Crippen molar-refractivity contribution in [2.45, 2.75) is 36.9 Å². The van der Waals surface area contributed by atoms with Crippen LogP contribution < -0.4 is 10.2 Å². The summed E-state index contributed by atoms with van der Waals surface area (Å²) in [6.45, 7) is 2.92. The van der Waals surface area contributed by atoms with E-state index in [9.17, 15) is 4.79 Å². The molecule has 2 aromatic heterocycles. The van der Waals surface area contributed by atoms with Gasteiger partial charge in [0.15, 0.2) is 5.16 Å². The maximum atomic E-state index is 12.6. The van der Waals surface area contributed by atoms with Crippen molar-refractivity contribution in [3.05, 3.63) is 77.2 Å². The lowest BCUT2D eigenvalue weighted by Gasteiger charge is -2.17. The number of thioether (sulfide) groups is 1. The van der Waals surface area contributed by atoms with Crippen LogP contribution in [0.5, 0.6) is 0 Å². The molecule has 166 valence electrons. The Labute approximate surface area is 192 Å². The standard InChI is InChI=1S/C24H27N5O2S/c1-31-16-21-14-22(29-11-4-5-12-29)28-24(27-21)32-17-18-7-6-8-19(13-18)23(30)26-15-20-9-2-3-10-25-20/h2-3,6-10,13-14H,4-5,11-12,15-17H2,1H3,(H,26,30). The van der Waals surface area contributed by atoms with Crippen LogP contribution in [0.15, 0.2) is 59.9 Å². The Hall–Kier alpha value is -2.97. The van der Waals surface area contributed by atoms with Crippen LogP contribution in [0.3, 0.4) is 0 Å². The minimum atomic E-state index is -0.114. The van der Waals surface area contributed by atoms with Crippen LogP contribution in [0.25, 0.3) is 0 Å². The van der Waals surface area contributed by atoms with Crippen LogP contribution in [0.1, 0.15) is 40.2 Å². The van der Waals surface area contributed by atoms with Gasteiger partial charge in [-0.05, 0) is 42.7 Å². The van der Waals surface area contributed by atoms with Gasteiger partial charge in [-0.3, -0.25) is 9.78 Å². The van der Waals surface area contributed by atoms with Crippen LogP contribution in [-0.4, -0.2) is 41.1 Å². The molecule has 0 spiro atoms. The third-order valence-electron chi connectivity index (χ3n) is 5.18. The number of aromatic nitrogens is 3. The fraction of sp³-hybridized carbons (Fsp3) is 0.333. The lowest BCUT2D eigenvalue weighted by molar-refractivity contribution is 0.0950. The molecule has 1 N–H and O–H groups in total. The first-order valence-electron chi connectivity index (χ1n) is 10.7. The minimum Gasteiger partial charge on any atom is -0.378 e. The van der Waals surface area contributed by atoms with Crippen LogP contribution in [0, 0.1) is 0 Å². The second kappa shape index (κ2) is 11.1. The molecule has 1 amide bonds. The molecule has 0 unspecified atom stereocenters. The summed E-state index contributed by atoms with van der Waals surface area (Å²) in [5, 5.41) is 3.65. The molecule has 0 atom stereocenters. The second-order valence-corrected chi connectivity index (χ2v) is 8.56. The van der Waals surface area contributed by atoms with E-state index in [1.165, 1.54) is 12.8 Å². The Balaban J connectivity index is 1.40. The Kier molecular flexibility index (Phi) is 7.68. The number of anilines is 1. The fourth-order valence-electron chi connectivity index (χ4n) is 3.58. The first-order chi connectivity index (χ1) is 15.7. The van der Waals surface area contributed by atoms with Crippen molar-refractivity contribution in [3.63, 3.8) is 0 Å². The molecule has 0 radical (unpaired) electrons. The Morgan fingerprint density at radius 2 is 1.97 bits per heavy atom. The van der Waals surface area contributed by atoms with E-state index in [0.717, 1.165) is 41.0 Å². The second-order valence-electron chi connectivity index (χ2n) is 7.62. The van der Waals surface area contributed by atoms with Crippen molar-refractivity contribution < 1.29 is 9.53 Å². The van der Waals surface area contributed by atoms with Gasteiger partial charge in [0.1, 0.15) is 5.82 Å². The highest BCUT2D eigenvalue weighted by molar-refractivity contribution is 7.98. The third-order valence-corrected chi connectivity index (χ3v) is 6.10. The van der Waals surface area contributed by atoms with Crippen LogP contribution >= 0.6 is 11.8 Å². The van der Waals surface area contributed by atoms with Crippen molar-refractivity contribution in [2.24, 2.45) is 0 Å². The van der Waals surface area contributed by atoms with E-state index in [-0.39, 0.29) is 5.91 Å². The zero-order valence-corrected chi connectivity index (χ0v) is 19.0. The summed E-state index contributed by atoms with van der Waals surface area (Å²) in [6.07, 6.45) is 4.11. The van der Waals surface area contributed by atoms with Crippen molar-refractivity contribution >= 4 is 23.5 Å². The first kappa shape index (κ1) is 22.2. The fourth-order valence-corrected chi connectivity index (χ4v) is 4.40. The average Bonchev–Trinajstić information content (AvgIpc) is 3.37. The largest absolute Gasteiger partial charge is 0.378 e. The lowest BCUT2D eigenvalue weighted by atomic mass is 10.1. The molecular formula is C24H27N5O2S. The molecular weight excluding hydrogens is 422 g/mol. The molecule has 1 aliphatic rings. The number of amides is 1. The van der Waals surface area contributed by atoms with E-state index in [4.69, 9.17) is 9.72 Å². The van der Waals surface area contributed by atoms with Crippen molar-refractivity contribution in [2.75, 3.05) is 25.1 Å². The van der Waals surface area contributed by atoms with E-state index in [1.54, 1.807) is 25.1 Å². The number of hydrogen-bond donors (Lipinski definition) is 1. The number of carbonyl (C=O) groups is 1. The number of benzene rings is 1. The van der Waals surface area contributed by atoms with Gasteiger partial charge in [-0.1, -0.05) is 30.0 Å². The molecule has 3 heterocycles. The Bertz CT molecular complexity index is 1040. The number of nitrogens with one attached hydrogen (secondary N) is 1. The highest BCUT2D eigenvalue weighted by Gasteiger charge is 2.16. The first-order valence-corrected chi connectivity index (χ1v) is 11.7. The number of nitrogens with zero attached hydrogens (tertiary/aromatic N) is 4. The normalized spacial score (nSPS) is 13.3. The summed E-state index contributed by atoms with van der Waals surface area (Å²) in [7, 11) is 1.68. The number of hydrogen-bond acceptors (Lipinski definition) is 7. The summed E-state index contributed by atoms with van der Waals surface area (Å²) in [4.78, 5) is 28.5. The molecule has 0 bridgehead atoms. The zero-order valence-electron chi connectivity index (χ0n) is 18.2. The zero-order chi connectivity index (χ0) is 22.2. The van der Waals surface area contributed by atoms with Gasteiger partial charge in [-0.2, -0.15) is 0 Å². The molecule has 1 aromatic carbocycles. The number of rotatable bonds is 9. The molecule has 1 aliphatic heterocycles.